The quantitative estimate of drug-likeness (QED) is 0.865. The minimum atomic E-state index is 0.527. The second-order valence-electron chi connectivity index (χ2n) is 5.57. The molecule has 0 amide bonds. The summed E-state index contributed by atoms with van der Waals surface area (Å²) in [6.45, 7) is 9.48. The molecule has 0 bridgehead atoms. The van der Waals surface area contributed by atoms with Gasteiger partial charge in [0.1, 0.15) is 17.5 Å². The lowest BCUT2D eigenvalue weighted by molar-refractivity contribution is 0.263. The van der Waals surface area contributed by atoms with Gasteiger partial charge in [-0.2, -0.15) is 0 Å². The molecule has 2 N–H and O–H groups in total. The van der Waals surface area contributed by atoms with Gasteiger partial charge < -0.3 is 15.5 Å². The maximum atomic E-state index is 4.67. The standard InChI is InChI=1S/C15H27N5/c1-5-13-18-14(16-6-2)11(3)15(19-13)17-12-7-9-20(4)10-8-12/h12H,5-10H2,1-4H3,(H2,16,17,18,19). The zero-order valence-electron chi connectivity index (χ0n) is 13.2. The van der Waals surface area contributed by atoms with E-state index in [1.165, 1.54) is 12.8 Å². The number of rotatable bonds is 5. The van der Waals surface area contributed by atoms with Crippen molar-refractivity contribution in [1.29, 1.82) is 0 Å². The van der Waals surface area contributed by atoms with Crippen LogP contribution in [0, 0.1) is 6.92 Å². The molecule has 0 radical (unpaired) electrons. The van der Waals surface area contributed by atoms with Gasteiger partial charge in [-0.1, -0.05) is 6.92 Å². The lowest BCUT2D eigenvalue weighted by Crippen LogP contribution is -2.37. The summed E-state index contributed by atoms with van der Waals surface area (Å²) in [4.78, 5) is 11.6. The molecule has 5 nitrogen and oxygen atoms in total. The summed E-state index contributed by atoms with van der Waals surface area (Å²) in [6, 6.07) is 0.527. The number of nitrogens with zero attached hydrogens (tertiary/aromatic N) is 3. The normalized spacial score (nSPS) is 17.2. The van der Waals surface area contributed by atoms with E-state index in [1.807, 2.05) is 0 Å². The van der Waals surface area contributed by atoms with E-state index in [0.29, 0.717) is 6.04 Å². The molecule has 1 aliphatic heterocycles. The van der Waals surface area contributed by atoms with Crippen LogP contribution in [0.1, 0.15) is 38.1 Å². The van der Waals surface area contributed by atoms with Gasteiger partial charge >= 0.3 is 0 Å². The largest absolute Gasteiger partial charge is 0.370 e. The monoisotopic (exact) mass is 277 g/mol. The van der Waals surface area contributed by atoms with Gasteiger partial charge in [-0.25, -0.2) is 9.97 Å². The SMILES string of the molecule is CCNc1nc(CC)nc(NC2CCN(C)CC2)c1C. The van der Waals surface area contributed by atoms with Gasteiger partial charge in [0.05, 0.1) is 0 Å². The average Bonchev–Trinajstić information content (AvgIpc) is 2.45. The highest BCUT2D eigenvalue weighted by Gasteiger charge is 2.19. The lowest BCUT2D eigenvalue weighted by atomic mass is 10.1. The second kappa shape index (κ2) is 6.88. The van der Waals surface area contributed by atoms with Crippen molar-refractivity contribution in [2.45, 2.75) is 46.1 Å². The number of likely N-dealkylation sites (tertiary alicyclic amines) is 1. The summed E-state index contributed by atoms with van der Waals surface area (Å²) in [6.07, 6.45) is 3.22. The van der Waals surface area contributed by atoms with Gasteiger partial charge in [0.15, 0.2) is 0 Å². The fourth-order valence-corrected chi connectivity index (χ4v) is 2.55. The number of aromatic nitrogens is 2. The highest BCUT2D eigenvalue weighted by Crippen LogP contribution is 2.23. The lowest BCUT2D eigenvalue weighted by Gasteiger charge is -2.30. The zero-order chi connectivity index (χ0) is 14.5. The van der Waals surface area contributed by atoms with Gasteiger partial charge in [0.2, 0.25) is 0 Å². The molecule has 2 heterocycles. The van der Waals surface area contributed by atoms with Crippen molar-refractivity contribution in [2.75, 3.05) is 37.3 Å². The predicted molar refractivity (Wildman–Crippen MR) is 84.5 cm³/mol. The van der Waals surface area contributed by atoms with Crippen LogP contribution in [0.3, 0.4) is 0 Å². The first-order valence-electron chi connectivity index (χ1n) is 7.70. The minimum Gasteiger partial charge on any atom is -0.370 e. The first-order chi connectivity index (χ1) is 9.63. The summed E-state index contributed by atoms with van der Waals surface area (Å²) in [5.74, 6) is 2.87. The number of aryl methyl sites for hydroxylation is 1. The topological polar surface area (TPSA) is 53.1 Å². The van der Waals surface area contributed by atoms with Gasteiger partial charge in [-0.3, -0.25) is 0 Å². The van der Waals surface area contributed by atoms with Crippen LogP contribution >= 0.6 is 0 Å². The molecule has 0 saturated carbocycles. The number of nitrogens with one attached hydrogen (secondary N) is 2. The van der Waals surface area contributed by atoms with Crippen LogP contribution < -0.4 is 10.6 Å². The fraction of sp³-hybridized carbons (Fsp3) is 0.733. The number of hydrogen-bond acceptors (Lipinski definition) is 5. The Labute approximate surface area is 122 Å². The molecule has 1 aromatic rings. The summed E-state index contributed by atoms with van der Waals surface area (Å²) in [5.41, 5.74) is 1.13. The molecule has 0 aliphatic carbocycles. The summed E-state index contributed by atoms with van der Waals surface area (Å²) < 4.78 is 0. The van der Waals surface area contributed by atoms with Crippen molar-refractivity contribution in [3.8, 4) is 0 Å². The maximum Gasteiger partial charge on any atom is 0.134 e. The van der Waals surface area contributed by atoms with E-state index in [0.717, 1.165) is 49.1 Å². The van der Waals surface area contributed by atoms with Crippen molar-refractivity contribution in [3.05, 3.63) is 11.4 Å². The van der Waals surface area contributed by atoms with Crippen molar-refractivity contribution < 1.29 is 0 Å². The molecule has 0 atom stereocenters. The maximum absolute atomic E-state index is 4.67. The molecule has 20 heavy (non-hydrogen) atoms. The Balaban J connectivity index is 2.15. The van der Waals surface area contributed by atoms with Crippen molar-refractivity contribution >= 4 is 11.6 Å². The third-order valence-electron chi connectivity index (χ3n) is 3.91. The predicted octanol–water partition coefficient (Wildman–Crippen LogP) is 2.29. The summed E-state index contributed by atoms with van der Waals surface area (Å²) >= 11 is 0. The number of hydrogen-bond donors (Lipinski definition) is 2. The Morgan fingerprint density at radius 3 is 2.40 bits per heavy atom. The van der Waals surface area contributed by atoms with Gasteiger partial charge in [-0.15, -0.1) is 0 Å². The highest BCUT2D eigenvalue weighted by molar-refractivity contribution is 5.57. The molecule has 1 saturated heterocycles. The van der Waals surface area contributed by atoms with E-state index < -0.39 is 0 Å². The van der Waals surface area contributed by atoms with Crippen LogP contribution in [0.4, 0.5) is 11.6 Å². The van der Waals surface area contributed by atoms with E-state index >= 15 is 0 Å². The van der Waals surface area contributed by atoms with Gasteiger partial charge in [0, 0.05) is 24.6 Å². The zero-order valence-corrected chi connectivity index (χ0v) is 13.2. The molecule has 0 aromatic carbocycles. The Morgan fingerprint density at radius 2 is 1.80 bits per heavy atom. The van der Waals surface area contributed by atoms with Crippen molar-refractivity contribution in [2.24, 2.45) is 0 Å². The molecule has 1 fully saturated rings. The van der Waals surface area contributed by atoms with Gasteiger partial charge in [-0.05, 0) is 46.8 Å². The molecule has 1 aliphatic rings. The Kier molecular flexibility index (Phi) is 5.17. The minimum absolute atomic E-state index is 0.527. The molecular weight excluding hydrogens is 250 g/mol. The van der Waals surface area contributed by atoms with Crippen LogP contribution in [0.2, 0.25) is 0 Å². The molecular formula is C15H27N5. The van der Waals surface area contributed by atoms with E-state index in [-0.39, 0.29) is 0 Å². The highest BCUT2D eigenvalue weighted by atomic mass is 15.1. The number of piperidine rings is 1. The molecule has 0 unspecified atom stereocenters. The molecule has 5 heteroatoms. The molecule has 0 spiro atoms. The first-order valence-corrected chi connectivity index (χ1v) is 7.70. The Bertz CT molecular complexity index is 438. The Morgan fingerprint density at radius 1 is 1.15 bits per heavy atom. The first kappa shape index (κ1) is 15.0. The summed E-state index contributed by atoms with van der Waals surface area (Å²) in [7, 11) is 2.19. The molecule has 2 rings (SSSR count). The van der Waals surface area contributed by atoms with Gasteiger partial charge in [0.25, 0.3) is 0 Å². The summed E-state index contributed by atoms with van der Waals surface area (Å²) in [5, 5.41) is 6.96. The molecule has 112 valence electrons. The molecule has 1 aromatic heterocycles. The number of anilines is 2. The second-order valence-corrected chi connectivity index (χ2v) is 5.57. The van der Waals surface area contributed by atoms with E-state index in [9.17, 15) is 0 Å². The average molecular weight is 277 g/mol. The third-order valence-corrected chi connectivity index (χ3v) is 3.91. The van der Waals surface area contributed by atoms with Crippen LogP contribution in [0.15, 0.2) is 0 Å². The van der Waals surface area contributed by atoms with Crippen LogP contribution in [0.25, 0.3) is 0 Å². The van der Waals surface area contributed by atoms with Crippen molar-refractivity contribution in [3.63, 3.8) is 0 Å². The van der Waals surface area contributed by atoms with E-state index in [2.05, 4.69) is 53.3 Å². The smallest absolute Gasteiger partial charge is 0.134 e. The van der Waals surface area contributed by atoms with Crippen molar-refractivity contribution in [1.82, 2.24) is 14.9 Å². The van der Waals surface area contributed by atoms with E-state index in [4.69, 9.17) is 0 Å². The van der Waals surface area contributed by atoms with E-state index in [1.54, 1.807) is 0 Å². The fourth-order valence-electron chi connectivity index (χ4n) is 2.55. The van der Waals surface area contributed by atoms with Crippen LogP contribution in [-0.2, 0) is 6.42 Å². The third kappa shape index (κ3) is 3.60. The Hall–Kier alpha value is -1.36. The van der Waals surface area contributed by atoms with Crippen LogP contribution in [-0.4, -0.2) is 47.6 Å². The van der Waals surface area contributed by atoms with Crippen LogP contribution in [0.5, 0.6) is 0 Å².